The highest BCUT2D eigenvalue weighted by Gasteiger charge is 2.90. The Bertz CT molecular complexity index is 1000. The van der Waals surface area contributed by atoms with Crippen molar-refractivity contribution >= 4 is 5.97 Å². The van der Waals surface area contributed by atoms with Crippen LogP contribution in [0, 0.1) is 16.7 Å². The molecule has 1 aliphatic heterocycles. The van der Waals surface area contributed by atoms with Crippen LogP contribution < -0.4 is 4.74 Å². The number of rotatable bonds is 2. The van der Waals surface area contributed by atoms with Gasteiger partial charge in [-0.1, -0.05) is 13.0 Å². The Kier molecular flexibility index (Phi) is 4.00. The van der Waals surface area contributed by atoms with Gasteiger partial charge in [-0.2, -0.15) is 0 Å². The van der Waals surface area contributed by atoms with E-state index < -0.39 is 17.0 Å². The fourth-order valence-electron chi connectivity index (χ4n) is 9.57. The largest absolute Gasteiger partial charge is 0.497 e. The molecule has 0 N–H and O–H groups in total. The SMILES string of the molecule is COc1ccc2c(c1)CC[C@@H]1[C@@H]2CC[C@@]2(C)[C@]13CC[C@]2(OC(C)=O)[C@@]1(C)OC(C)(C)O[C@@H]31. The average molecular weight is 441 g/mol. The minimum atomic E-state index is -0.684. The molecule has 1 aromatic rings. The molecule has 174 valence electrons. The van der Waals surface area contributed by atoms with Gasteiger partial charge in [-0.05, 0) is 94.4 Å². The van der Waals surface area contributed by atoms with Gasteiger partial charge in [0, 0.05) is 17.8 Å². The molecule has 0 amide bonds. The first kappa shape index (κ1) is 21.0. The summed E-state index contributed by atoms with van der Waals surface area (Å²) in [4.78, 5) is 12.5. The van der Waals surface area contributed by atoms with Gasteiger partial charge in [0.05, 0.1) is 7.11 Å². The second kappa shape index (κ2) is 6.09. The van der Waals surface area contributed by atoms with E-state index in [0.717, 1.165) is 44.3 Å². The molecule has 6 rings (SSSR count). The maximum Gasteiger partial charge on any atom is 0.303 e. The number of esters is 1. The average Bonchev–Trinajstić information content (AvgIpc) is 3.20. The summed E-state index contributed by atoms with van der Waals surface area (Å²) in [6.07, 6.45) is 6.13. The van der Waals surface area contributed by atoms with E-state index >= 15 is 0 Å². The fourth-order valence-corrected chi connectivity index (χ4v) is 9.57. The van der Waals surface area contributed by atoms with Gasteiger partial charge < -0.3 is 18.9 Å². The Morgan fingerprint density at radius 1 is 1.09 bits per heavy atom. The molecule has 1 saturated heterocycles. The number of fused-ring (bicyclic) bond motifs is 5. The summed E-state index contributed by atoms with van der Waals surface area (Å²) < 4.78 is 25.4. The van der Waals surface area contributed by atoms with Crippen molar-refractivity contribution in [2.75, 3.05) is 7.11 Å². The number of benzene rings is 1. The van der Waals surface area contributed by atoms with Crippen molar-refractivity contribution in [3.05, 3.63) is 29.3 Å². The molecule has 32 heavy (non-hydrogen) atoms. The normalized spacial score (nSPS) is 47.2. The molecule has 0 spiro atoms. The zero-order valence-corrected chi connectivity index (χ0v) is 20.2. The van der Waals surface area contributed by atoms with Gasteiger partial charge in [0.15, 0.2) is 5.79 Å². The molecule has 0 aromatic heterocycles. The zero-order valence-electron chi connectivity index (χ0n) is 20.2. The maximum atomic E-state index is 12.5. The van der Waals surface area contributed by atoms with Crippen LogP contribution in [0.1, 0.15) is 83.8 Å². The van der Waals surface area contributed by atoms with Crippen molar-refractivity contribution in [1.82, 2.24) is 0 Å². The van der Waals surface area contributed by atoms with Gasteiger partial charge in [-0.25, -0.2) is 0 Å². The van der Waals surface area contributed by atoms with Gasteiger partial charge in [-0.15, -0.1) is 0 Å². The van der Waals surface area contributed by atoms with Gasteiger partial charge in [-0.3, -0.25) is 4.79 Å². The number of ether oxygens (including phenoxy) is 4. The molecule has 2 bridgehead atoms. The number of methoxy groups -OCH3 is 1. The predicted molar refractivity (Wildman–Crippen MR) is 119 cm³/mol. The number of hydrogen-bond acceptors (Lipinski definition) is 5. The molecule has 0 unspecified atom stereocenters. The van der Waals surface area contributed by atoms with Crippen LogP contribution in [-0.2, 0) is 25.4 Å². The lowest BCUT2D eigenvalue weighted by Crippen LogP contribution is -2.60. The monoisotopic (exact) mass is 440 g/mol. The van der Waals surface area contributed by atoms with Crippen LogP contribution in [0.5, 0.6) is 5.75 Å². The highest BCUT2D eigenvalue weighted by atomic mass is 16.8. The Hall–Kier alpha value is -1.59. The molecule has 7 atom stereocenters. The molecule has 4 aliphatic carbocycles. The molecule has 1 aromatic carbocycles. The van der Waals surface area contributed by atoms with Crippen molar-refractivity contribution in [3.8, 4) is 5.75 Å². The predicted octanol–water partition coefficient (Wildman–Crippen LogP) is 5.15. The molecule has 5 aliphatic rings. The number of carbonyl (C=O) groups excluding carboxylic acids is 1. The molecule has 3 saturated carbocycles. The van der Waals surface area contributed by atoms with Gasteiger partial charge >= 0.3 is 5.97 Å². The van der Waals surface area contributed by atoms with Crippen LogP contribution in [-0.4, -0.2) is 36.2 Å². The molecule has 1 heterocycles. The quantitative estimate of drug-likeness (QED) is 0.596. The van der Waals surface area contributed by atoms with E-state index in [2.05, 4.69) is 32.0 Å². The Balaban J connectivity index is 1.52. The molecule has 4 fully saturated rings. The van der Waals surface area contributed by atoms with E-state index in [1.807, 2.05) is 13.8 Å². The summed E-state index contributed by atoms with van der Waals surface area (Å²) in [6.45, 7) is 10.1. The first-order chi connectivity index (χ1) is 15.0. The van der Waals surface area contributed by atoms with Crippen molar-refractivity contribution in [3.63, 3.8) is 0 Å². The van der Waals surface area contributed by atoms with Crippen LogP contribution in [0.3, 0.4) is 0 Å². The number of carbonyl (C=O) groups is 1. The number of aryl methyl sites for hydroxylation is 1. The Labute approximate surface area is 191 Å². The summed E-state index contributed by atoms with van der Waals surface area (Å²) in [7, 11) is 1.74. The zero-order chi connectivity index (χ0) is 22.7. The second-order valence-electron chi connectivity index (χ2n) is 11.8. The minimum Gasteiger partial charge on any atom is -0.497 e. The first-order valence-corrected chi connectivity index (χ1v) is 12.3. The smallest absolute Gasteiger partial charge is 0.303 e. The third-order valence-corrected chi connectivity index (χ3v) is 10.3. The van der Waals surface area contributed by atoms with E-state index in [4.69, 9.17) is 18.9 Å². The second-order valence-corrected chi connectivity index (χ2v) is 11.8. The van der Waals surface area contributed by atoms with Crippen LogP contribution >= 0.6 is 0 Å². The van der Waals surface area contributed by atoms with Crippen LogP contribution in [0.25, 0.3) is 0 Å². The third kappa shape index (κ3) is 2.12. The van der Waals surface area contributed by atoms with E-state index in [1.54, 1.807) is 14.0 Å². The highest BCUT2D eigenvalue weighted by Crippen LogP contribution is 2.83. The van der Waals surface area contributed by atoms with Crippen LogP contribution in [0.4, 0.5) is 0 Å². The van der Waals surface area contributed by atoms with E-state index in [0.29, 0.717) is 11.8 Å². The molecular weight excluding hydrogens is 404 g/mol. The summed E-state index contributed by atoms with van der Waals surface area (Å²) in [5.74, 6) is 1.04. The Morgan fingerprint density at radius 2 is 1.88 bits per heavy atom. The molecule has 5 heteroatoms. The number of hydrogen-bond donors (Lipinski definition) is 0. The fraction of sp³-hybridized carbons (Fsp3) is 0.741. The van der Waals surface area contributed by atoms with E-state index in [1.165, 1.54) is 11.1 Å². The lowest BCUT2D eigenvalue weighted by Gasteiger charge is -2.58. The molecule has 0 radical (unpaired) electrons. The maximum absolute atomic E-state index is 12.5. The summed E-state index contributed by atoms with van der Waals surface area (Å²) >= 11 is 0. The highest BCUT2D eigenvalue weighted by molar-refractivity contribution is 5.67. The van der Waals surface area contributed by atoms with Gasteiger partial charge in [0.2, 0.25) is 0 Å². The third-order valence-electron chi connectivity index (χ3n) is 10.3. The van der Waals surface area contributed by atoms with E-state index in [9.17, 15) is 4.79 Å². The lowest BCUT2D eigenvalue weighted by atomic mass is 9.47. The Morgan fingerprint density at radius 3 is 2.59 bits per heavy atom. The van der Waals surface area contributed by atoms with Crippen molar-refractivity contribution in [2.45, 2.75) is 102 Å². The van der Waals surface area contributed by atoms with Crippen molar-refractivity contribution in [1.29, 1.82) is 0 Å². The van der Waals surface area contributed by atoms with Gasteiger partial charge in [0.25, 0.3) is 0 Å². The molecular formula is C27H36O5. The first-order valence-electron chi connectivity index (χ1n) is 12.3. The molecule has 5 nitrogen and oxygen atoms in total. The topological polar surface area (TPSA) is 54.0 Å². The minimum absolute atomic E-state index is 0.0640. The lowest BCUT2D eigenvalue weighted by molar-refractivity contribution is -0.253. The van der Waals surface area contributed by atoms with Crippen molar-refractivity contribution in [2.24, 2.45) is 16.7 Å². The summed E-state index contributed by atoms with van der Waals surface area (Å²) in [5.41, 5.74) is 1.41. The van der Waals surface area contributed by atoms with Crippen molar-refractivity contribution < 1.29 is 23.7 Å². The summed E-state index contributed by atoms with van der Waals surface area (Å²) in [6, 6.07) is 6.64. The van der Waals surface area contributed by atoms with Crippen LogP contribution in [0.15, 0.2) is 18.2 Å². The summed E-state index contributed by atoms with van der Waals surface area (Å²) in [5, 5.41) is 0. The van der Waals surface area contributed by atoms with E-state index in [-0.39, 0.29) is 22.9 Å². The standard InChI is InChI=1S/C27H36O5/c1-16(28)30-27-14-13-26(22-25(27,5)32-23(2,3)31-22)21-10-7-17-15-18(29-6)8-9-19(17)20(21)11-12-24(26,27)4/h8-9,15,20-22H,7,10-14H2,1-6H3/t20-,21-,22-,24+,25+,26-,27-/m1/s1. The van der Waals surface area contributed by atoms with Crippen LogP contribution in [0.2, 0.25) is 0 Å². The van der Waals surface area contributed by atoms with Gasteiger partial charge in [0.1, 0.15) is 23.1 Å².